The maximum Gasteiger partial charge on any atom is 0.331 e. The van der Waals surface area contributed by atoms with Crippen molar-refractivity contribution in [3.8, 4) is 0 Å². The predicted octanol–water partition coefficient (Wildman–Crippen LogP) is 4.77. The van der Waals surface area contributed by atoms with Crippen LogP contribution in [0.1, 0.15) is 68.2 Å². The molecule has 0 radical (unpaired) electrons. The third-order valence-corrected chi connectivity index (χ3v) is 3.79. The molecule has 0 aliphatic heterocycles. The Morgan fingerprint density at radius 1 is 0.667 bits per heavy atom. The molecule has 0 N–H and O–H groups in total. The Hall–Kier alpha value is -1.32. The number of carbonyl (C=O) groups excluding carboxylic acids is 2. The summed E-state index contributed by atoms with van der Waals surface area (Å²) in [5.74, 6) is 0.401. The fourth-order valence-electron chi connectivity index (χ4n) is 2.35. The summed E-state index contributed by atoms with van der Waals surface area (Å²) in [5, 5.41) is 0. The van der Waals surface area contributed by atoms with Gasteiger partial charge < -0.3 is 9.47 Å². The van der Waals surface area contributed by atoms with Gasteiger partial charge in [0.05, 0.1) is 0 Å². The lowest BCUT2D eigenvalue weighted by atomic mass is 9.97. The molecular formula is C20H36O4. The summed E-state index contributed by atoms with van der Waals surface area (Å²) in [6.45, 7) is 16.5. The highest BCUT2D eigenvalue weighted by molar-refractivity contribution is 5.91. The predicted molar refractivity (Wildman–Crippen MR) is 97.5 cm³/mol. The highest BCUT2D eigenvalue weighted by Gasteiger charge is 2.20. The zero-order chi connectivity index (χ0) is 18.9. The van der Waals surface area contributed by atoms with Crippen molar-refractivity contribution in [2.75, 3.05) is 0 Å². The van der Waals surface area contributed by atoms with E-state index in [4.69, 9.17) is 9.47 Å². The molecule has 140 valence electrons. The van der Waals surface area contributed by atoms with Crippen molar-refractivity contribution < 1.29 is 19.1 Å². The number of carbonyl (C=O) groups is 2. The van der Waals surface area contributed by atoms with Gasteiger partial charge in [-0.25, -0.2) is 9.59 Å². The molecule has 4 nitrogen and oxygen atoms in total. The highest BCUT2D eigenvalue weighted by Crippen LogP contribution is 2.18. The molecule has 0 aromatic carbocycles. The molecular weight excluding hydrogens is 304 g/mol. The molecule has 24 heavy (non-hydrogen) atoms. The van der Waals surface area contributed by atoms with Crippen LogP contribution in [0.5, 0.6) is 0 Å². The average molecular weight is 341 g/mol. The summed E-state index contributed by atoms with van der Waals surface area (Å²) in [6, 6.07) is 0. The van der Waals surface area contributed by atoms with E-state index < -0.39 is 11.9 Å². The van der Waals surface area contributed by atoms with Crippen molar-refractivity contribution in [1.82, 2.24) is 0 Å². The Bertz CT molecular complexity index is 370. The topological polar surface area (TPSA) is 52.6 Å². The van der Waals surface area contributed by atoms with Crippen LogP contribution in [0.15, 0.2) is 12.2 Å². The highest BCUT2D eigenvalue weighted by atomic mass is 16.5. The minimum atomic E-state index is -0.490. The van der Waals surface area contributed by atoms with Crippen LogP contribution in [-0.4, -0.2) is 24.1 Å². The summed E-state index contributed by atoms with van der Waals surface area (Å²) in [4.78, 5) is 23.8. The van der Waals surface area contributed by atoms with Gasteiger partial charge in [0.25, 0.3) is 0 Å². The lowest BCUT2D eigenvalue weighted by molar-refractivity contribution is -0.148. The van der Waals surface area contributed by atoms with Crippen LogP contribution in [0, 0.1) is 23.7 Å². The zero-order valence-electron chi connectivity index (χ0n) is 16.7. The third-order valence-electron chi connectivity index (χ3n) is 3.79. The van der Waals surface area contributed by atoms with E-state index in [1.165, 1.54) is 12.2 Å². The molecule has 0 amide bonds. The first kappa shape index (κ1) is 22.7. The van der Waals surface area contributed by atoms with Gasteiger partial charge in [-0.2, -0.15) is 0 Å². The Kier molecular flexibility index (Phi) is 10.7. The molecule has 4 heteroatoms. The van der Waals surface area contributed by atoms with E-state index in [9.17, 15) is 9.59 Å². The molecule has 0 spiro atoms. The molecule has 0 aromatic heterocycles. The van der Waals surface area contributed by atoms with Crippen molar-refractivity contribution in [1.29, 1.82) is 0 Å². The van der Waals surface area contributed by atoms with Gasteiger partial charge in [-0.15, -0.1) is 0 Å². The van der Waals surface area contributed by atoms with Gasteiger partial charge in [-0.05, 0) is 36.5 Å². The van der Waals surface area contributed by atoms with Gasteiger partial charge in [-0.1, -0.05) is 55.4 Å². The molecule has 0 rings (SSSR count). The summed E-state index contributed by atoms with van der Waals surface area (Å²) in [6.07, 6.45) is 3.69. The van der Waals surface area contributed by atoms with Crippen LogP contribution in [0.4, 0.5) is 0 Å². The summed E-state index contributed by atoms with van der Waals surface area (Å²) < 4.78 is 10.9. The summed E-state index contributed by atoms with van der Waals surface area (Å²) in [5.41, 5.74) is 0. The number of rotatable bonds is 10. The lowest BCUT2D eigenvalue weighted by Gasteiger charge is -2.23. The number of esters is 2. The molecule has 0 saturated carbocycles. The minimum Gasteiger partial charge on any atom is -0.459 e. The van der Waals surface area contributed by atoms with E-state index in [-0.39, 0.29) is 24.0 Å². The maximum absolute atomic E-state index is 11.9. The Labute approximate surface area is 148 Å². The summed E-state index contributed by atoms with van der Waals surface area (Å²) in [7, 11) is 0. The minimum absolute atomic E-state index is 0.137. The van der Waals surface area contributed by atoms with Crippen molar-refractivity contribution in [2.24, 2.45) is 23.7 Å². The first-order valence-corrected chi connectivity index (χ1v) is 9.12. The number of ether oxygens (including phenoxy) is 2. The zero-order valence-corrected chi connectivity index (χ0v) is 16.7. The maximum atomic E-state index is 11.9. The normalized spacial score (nSPS) is 14.7. The fraction of sp³-hybridized carbons (Fsp3) is 0.800. The van der Waals surface area contributed by atoms with Crippen LogP contribution >= 0.6 is 0 Å². The molecule has 2 unspecified atom stereocenters. The second kappa shape index (κ2) is 11.3. The molecule has 2 atom stereocenters. The quantitative estimate of drug-likeness (QED) is 0.424. The molecule has 0 aliphatic carbocycles. The van der Waals surface area contributed by atoms with Crippen LogP contribution < -0.4 is 0 Å². The van der Waals surface area contributed by atoms with E-state index in [0.717, 1.165) is 12.8 Å². The molecule has 0 bridgehead atoms. The monoisotopic (exact) mass is 340 g/mol. The fourth-order valence-corrected chi connectivity index (χ4v) is 2.35. The first-order valence-electron chi connectivity index (χ1n) is 9.12. The average Bonchev–Trinajstić information content (AvgIpc) is 2.42. The second-order valence-corrected chi connectivity index (χ2v) is 8.03. The van der Waals surface area contributed by atoms with Crippen molar-refractivity contribution in [3.63, 3.8) is 0 Å². The van der Waals surface area contributed by atoms with E-state index >= 15 is 0 Å². The van der Waals surface area contributed by atoms with Gasteiger partial charge in [0.1, 0.15) is 12.2 Å². The standard InChI is InChI=1S/C20H36O4/c1-13(2)11-17(15(5)6)23-19(21)9-10-20(22)24-18(16(7)8)12-14(3)4/h9-10,13-18H,11-12H2,1-8H3/b10-9+. The van der Waals surface area contributed by atoms with Crippen LogP contribution in [-0.2, 0) is 19.1 Å². The van der Waals surface area contributed by atoms with Crippen LogP contribution in [0.25, 0.3) is 0 Å². The molecule has 0 saturated heterocycles. The third kappa shape index (κ3) is 10.5. The van der Waals surface area contributed by atoms with Crippen molar-refractivity contribution in [2.45, 2.75) is 80.4 Å². The van der Waals surface area contributed by atoms with E-state index in [0.29, 0.717) is 11.8 Å². The smallest absolute Gasteiger partial charge is 0.331 e. The van der Waals surface area contributed by atoms with Gasteiger partial charge >= 0.3 is 11.9 Å². The van der Waals surface area contributed by atoms with Gasteiger partial charge in [0, 0.05) is 12.2 Å². The molecule has 0 aromatic rings. The van der Waals surface area contributed by atoms with Gasteiger partial charge in [0.15, 0.2) is 0 Å². The molecule has 0 heterocycles. The first-order chi connectivity index (χ1) is 11.0. The van der Waals surface area contributed by atoms with Crippen LogP contribution in [0.3, 0.4) is 0 Å². The van der Waals surface area contributed by atoms with E-state index in [1.807, 2.05) is 27.7 Å². The van der Waals surface area contributed by atoms with Gasteiger partial charge in [-0.3, -0.25) is 0 Å². The van der Waals surface area contributed by atoms with Gasteiger partial charge in [0.2, 0.25) is 0 Å². The number of hydrogen-bond donors (Lipinski definition) is 0. The largest absolute Gasteiger partial charge is 0.459 e. The van der Waals surface area contributed by atoms with Crippen LogP contribution in [0.2, 0.25) is 0 Å². The SMILES string of the molecule is CC(C)CC(OC(=O)/C=C/C(=O)OC(CC(C)C)C(C)C)C(C)C. The number of hydrogen-bond acceptors (Lipinski definition) is 4. The van der Waals surface area contributed by atoms with Crippen molar-refractivity contribution in [3.05, 3.63) is 12.2 Å². The Morgan fingerprint density at radius 2 is 0.958 bits per heavy atom. The Morgan fingerprint density at radius 3 is 1.17 bits per heavy atom. The Balaban J connectivity index is 4.58. The van der Waals surface area contributed by atoms with Crippen molar-refractivity contribution >= 4 is 11.9 Å². The van der Waals surface area contributed by atoms with E-state index in [1.54, 1.807) is 0 Å². The molecule has 0 aliphatic rings. The molecule has 0 fully saturated rings. The lowest BCUT2D eigenvalue weighted by Crippen LogP contribution is -2.25. The second-order valence-electron chi connectivity index (χ2n) is 8.03. The summed E-state index contributed by atoms with van der Waals surface area (Å²) >= 11 is 0. The van der Waals surface area contributed by atoms with E-state index in [2.05, 4.69) is 27.7 Å².